The highest BCUT2D eigenvalue weighted by atomic mass is 32.1. The molecule has 0 amide bonds. The SMILES string of the molecule is COc1ccc2nc(-c3ccc(-c4nc5ccc(OC)cc5s4)o3)sc2c1. The highest BCUT2D eigenvalue weighted by molar-refractivity contribution is 7.22. The summed E-state index contributed by atoms with van der Waals surface area (Å²) in [5, 5.41) is 1.68. The quantitative estimate of drug-likeness (QED) is 0.383. The highest BCUT2D eigenvalue weighted by Gasteiger charge is 2.15. The fourth-order valence-corrected chi connectivity index (χ4v) is 4.75. The number of rotatable bonds is 4. The van der Waals surface area contributed by atoms with E-state index < -0.39 is 0 Å². The molecule has 3 heterocycles. The lowest BCUT2D eigenvalue weighted by molar-refractivity contribution is 0.415. The Kier molecular flexibility index (Phi) is 3.84. The minimum Gasteiger partial charge on any atom is -0.497 e. The molecule has 0 aliphatic heterocycles. The van der Waals surface area contributed by atoms with Crippen molar-refractivity contribution in [3.63, 3.8) is 0 Å². The molecule has 5 nitrogen and oxygen atoms in total. The lowest BCUT2D eigenvalue weighted by Gasteiger charge is -1.96. The molecule has 0 bridgehead atoms. The Bertz CT molecular complexity index is 1170. The van der Waals surface area contributed by atoms with Crippen LogP contribution in [0.4, 0.5) is 0 Å². The smallest absolute Gasteiger partial charge is 0.163 e. The zero-order valence-corrected chi connectivity index (χ0v) is 16.2. The first-order valence-electron chi connectivity index (χ1n) is 8.23. The van der Waals surface area contributed by atoms with E-state index >= 15 is 0 Å². The van der Waals surface area contributed by atoms with Gasteiger partial charge in [-0.25, -0.2) is 9.97 Å². The molecule has 2 aromatic carbocycles. The summed E-state index contributed by atoms with van der Waals surface area (Å²) in [5.74, 6) is 3.12. The number of hydrogen-bond donors (Lipinski definition) is 0. The van der Waals surface area contributed by atoms with Gasteiger partial charge in [0, 0.05) is 0 Å². The third-order valence-electron chi connectivity index (χ3n) is 4.22. The lowest BCUT2D eigenvalue weighted by atomic mass is 10.3. The second kappa shape index (κ2) is 6.37. The fraction of sp³-hybridized carbons (Fsp3) is 0.100. The Morgan fingerprint density at radius 2 is 1.19 bits per heavy atom. The van der Waals surface area contributed by atoms with Gasteiger partial charge in [-0.1, -0.05) is 0 Å². The van der Waals surface area contributed by atoms with Gasteiger partial charge in [0.15, 0.2) is 21.5 Å². The molecule has 3 aromatic heterocycles. The number of benzene rings is 2. The predicted molar refractivity (Wildman–Crippen MR) is 109 cm³/mol. The van der Waals surface area contributed by atoms with Crippen molar-refractivity contribution < 1.29 is 13.9 Å². The predicted octanol–water partition coefficient (Wildman–Crippen LogP) is 5.85. The summed E-state index contributed by atoms with van der Waals surface area (Å²) in [5.41, 5.74) is 1.86. The first kappa shape index (κ1) is 16.3. The summed E-state index contributed by atoms with van der Waals surface area (Å²) >= 11 is 3.16. The Balaban J connectivity index is 1.52. The van der Waals surface area contributed by atoms with Crippen molar-refractivity contribution in [3.05, 3.63) is 48.5 Å². The molecule has 27 heavy (non-hydrogen) atoms. The molecule has 0 aliphatic carbocycles. The van der Waals surface area contributed by atoms with E-state index in [0.717, 1.165) is 53.5 Å². The third kappa shape index (κ3) is 2.85. The van der Waals surface area contributed by atoms with Crippen LogP contribution in [-0.4, -0.2) is 24.2 Å². The molecule has 0 fully saturated rings. The van der Waals surface area contributed by atoms with Gasteiger partial charge < -0.3 is 13.9 Å². The molecule has 7 heteroatoms. The van der Waals surface area contributed by atoms with E-state index in [1.165, 1.54) is 0 Å². The molecule has 0 unspecified atom stereocenters. The van der Waals surface area contributed by atoms with E-state index in [4.69, 9.17) is 13.9 Å². The molecule has 5 rings (SSSR count). The van der Waals surface area contributed by atoms with Gasteiger partial charge in [0.05, 0.1) is 34.7 Å². The number of hydrogen-bond acceptors (Lipinski definition) is 7. The van der Waals surface area contributed by atoms with Crippen molar-refractivity contribution in [2.75, 3.05) is 14.2 Å². The van der Waals surface area contributed by atoms with Gasteiger partial charge >= 0.3 is 0 Å². The summed E-state index contributed by atoms with van der Waals surface area (Å²) in [6, 6.07) is 15.6. The van der Waals surface area contributed by atoms with Crippen molar-refractivity contribution in [1.82, 2.24) is 9.97 Å². The average Bonchev–Trinajstić information content (AvgIpc) is 3.43. The van der Waals surface area contributed by atoms with Gasteiger partial charge in [-0.05, 0) is 48.5 Å². The second-order valence-corrected chi connectivity index (χ2v) is 7.93. The summed E-state index contributed by atoms with van der Waals surface area (Å²) in [7, 11) is 3.32. The molecule has 0 saturated heterocycles. The Morgan fingerprint density at radius 3 is 1.63 bits per heavy atom. The topological polar surface area (TPSA) is 57.4 Å². The average molecular weight is 394 g/mol. The molecule has 0 aliphatic rings. The molecule has 134 valence electrons. The first-order valence-corrected chi connectivity index (χ1v) is 9.86. The summed E-state index contributed by atoms with van der Waals surface area (Å²) in [6.45, 7) is 0. The Hall–Kier alpha value is -2.90. The van der Waals surface area contributed by atoms with Gasteiger partial charge in [0.25, 0.3) is 0 Å². The largest absolute Gasteiger partial charge is 0.497 e. The van der Waals surface area contributed by atoms with Crippen molar-refractivity contribution in [3.8, 4) is 33.0 Å². The maximum atomic E-state index is 6.06. The van der Waals surface area contributed by atoms with Gasteiger partial charge in [-0.2, -0.15) is 0 Å². The number of nitrogens with zero attached hydrogens (tertiary/aromatic N) is 2. The van der Waals surface area contributed by atoms with Crippen molar-refractivity contribution in [2.24, 2.45) is 0 Å². The Morgan fingerprint density at radius 1 is 0.704 bits per heavy atom. The minimum absolute atomic E-state index is 0.738. The standard InChI is InChI=1S/C20H14N2O3S2/c1-23-11-3-5-13-17(9-11)26-19(21-13)15-7-8-16(25-15)20-22-14-6-4-12(24-2)10-18(14)27-20/h3-10H,1-2H3. The highest BCUT2D eigenvalue weighted by Crippen LogP contribution is 2.37. The number of aromatic nitrogens is 2. The van der Waals surface area contributed by atoms with Crippen LogP contribution in [0.5, 0.6) is 11.5 Å². The lowest BCUT2D eigenvalue weighted by Crippen LogP contribution is -1.80. The van der Waals surface area contributed by atoms with Gasteiger partial charge in [-0.3, -0.25) is 0 Å². The molecule has 0 N–H and O–H groups in total. The van der Waals surface area contributed by atoms with E-state index in [1.807, 2.05) is 48.5 Å². The van der Waals surface area contributed by atoms with E-state index in [-0.39, 0.29) is 0 Å². The number of thiazole rings is 2. The maximum absolute atomic E-state index is 6.06. The zero-order chi connectivity index (χ0) is 18.4. The van der Waals surface area contributed by atoms with Crippen molar-refractivity contribution in [2.45, 2.75) is 0 Å². The van der Waals surface area contributed by atoms with Crippen molar-refractivity contribution in [1.29, 1.82) is 0 Å². The number of methoxy groups -OCH3 is 2. The van der Waals surface area contributed by atoms with Crippen LogP contribution in [0.15, 0.2) is 52.9 Å². The van der Waals surface area contributed by atoms with Gasteiger partial charge in [-0.15, -0.1) is 22.7 Å². The summed E-state index contributed by atoms with van der Waals surface area (Å²) in [6.07, 6.45) is 0. The van der Waals surface area contributed by atoms with Crippen LogP contribution in [0.2, 0.25) is 0 Å². The molecule has 5 aromatic rings. The van der Waals surface area contributed by atoms with E-state index in [2.05, 4.69) is 9.97 Å². The molecule has 0 spiro atoms. The first-order chi connectivity index (χ1) is 13.2. The molecule has 0 atom stereocenters. The number of ether oxygens (including phenoxy) is 2. The van der Waals surface area contributed by atoms with Gasteiger partial charge in [0.1, 0.15) is 11.5 Å². The molecule has 0 radical (unpaired) electrons. The van der Waals surface area contributed by atoms with Crippen LogP contribution in [0.25, 0.3) is 42.0 Å². The zero-order valence-electron chi connectivity index (χ0n) is 14.6. The van der Waals surface area contributed by atoms with Crippen LogP contribution in [0, 0.1) is 0 Å². The van der Waals surface area contributed by atoms with Gasteiger partial charge in [0.2, 0.25) is 0 Å². The molecular weight excluding hydrogens is 380 g/mol. The van der Waals surface area contributed by atoms with Crippen LogP contribution in [0.1, 0.15) is 0 Å². The normalized spacial score (nSPS) is 11.3. The van der Waals surface area contributed by atoms with Crippen LogP contribution >= 0.6 is 22.7 Å². The fourth-order valence-electron chi connectivity index (χ4n) is 2.84. The third-order valence-corrected chi connectivity index (χ3v) is 6.28. The minimum atomic E-state index is 0.738. The summed E-state index contributed by atoms with van der Waals surface area (Å²) < 4.78 is 18.8. The van der Waals surface area contributed by atoms with E-state index in [0.29, 0.717) is 0 Å². The molecule has 0 saturated carbocycles. The van der Waals surface area contributed by atoms with E-state index in [1.54, 1.807) is 36.9 Å². The van der Waals surface area contributed by atoms with E-state index in [9.17, 15) is 0 Å². The van der Waals surface area contributed by atoms with Crippen molar-refractivity contribution >= 4 is 43.1 Å². The van der Waals surface area contributed by atoms with Crippen LogP contribution < -0.4 is 9.47 Å². The summed E-state index contributed by atoms with van der Waals surface area (Å²) in [4.78, 5) is 9.33. The van der Waals surface area contributed by atoms with Crippen LogP contribution in [-0.2, 0) is 0 Å². The maximum Gasteiger partial charge on any atom is 0.163 e. The van der Waals surface area contributed by atoms with Crippen LogP contribution in [0.3, 0.4) is 0 Å². The number of fused-ring (bicyclic) bond motifs is 2. The Labute approximate surface area is 162 Å². The second-order valence-electron chi connectivity index (χ2n) is 5.87. The monoisotopic (exact) mass is 394 g/mol. The molecular formula is C20H14N2O3S2. The number of furan rings is 1.